The summed E-state index contributed by atoms with van der Waals surface area (Å²) >= 11 is 0. The third kappa shape index (κ3) is 3.32. The largest absolute Gasteiger partial charge is 0.494 e. The van der Waals surface area contributed by atoms with E-state index in [0.717, 1.165) is 0 Å². The first-order valence-corrected chi connectivity index (χ1v) is 9.41. The molecule has 3 nitrogen and oxygen atoms in total. The predicted molar refractivity (Wildman–Crippen MR) is 71.4 cm³/mol. The minimum atomic E-state index is -1.87. The number of ether oxygens (including phenoxy) is 2. The van der Waals surface area contributed by atoms with Crippen molar-refractivity contribution in [2.24, 2.45) is 0 Å². The van der Waals surface area contributed by atoms with E-state index in [9.17, 15) is 9.18 Å². The first-order chi connectivity index (χ1) is 8.41. The highest BCUT2D eigenvalue weighted by Gasteiger charge is 2.27. The van der Waals surface area contributed by atoms with Crippen molar-refractivity contribution in [1.82, 2.24) is 0 Å². The molecule has 0 amide bonds. The maximum Gasteiger partial charge on any atom is 0.293 e. The number of benzene rings is 1. The molecule has 18 heavy (non-hydrogen) atoms. The number of carbonyl (C=O) groups excluding carboxylic acids is 1. The molecule has 1 aromatic rings. The van der Waals surface area contributed by atoms with Gasteiger partial charge in [0.15, 0.2) is 0 Å². The van der Waals surface area contributed by atoms with Crippen LogP contribution in [0.4, 0.5) is 4.39 Å². The number of hydrogen-bond acceptors (Lipinski definition) is 3. The fourth-order valence-electron chi connectivity index (χ4n) is 1.81. The molecular weight excluding hydrogens is 251 g/mol. The van der Waals surface area contributed by atoms with Gasteiger partial charge in [0.25, 0.3) is 6.47 Å². The van der Waals surface area contributed by atoms with Crippen LogP contribution in [0.1, 0.15) is 12.5 Å². The van der Waals surface area contributed by atoms with E-state index in [0.29, 0.717) is 29.6 Å². The summed E-state index contributed by atoms with van der Waals surface area (Å²) in [6, 6.07) is 3.36. The van der Waals surface area contributed by atoms with E-state index >= 15 is 0 Å². The second-order valence-corrected chi connectivity index (χ2v) is 10.0. The fourth-order valence-corrected chi connectivity index (χ4v) is 3.53. The molecule has 5 heteroatoms. The summed E-state index contributed by atoms with van der Waals surface area (Å²) < 4.78 is 24.5. The Kier molecular flexibility index (Phi) is 4.90. The molecule has 0 saturated heterocycles. The molecule has 0 aliphatic carbocycles. The third-order valence-electron chi connectivity index (χ3n) is 2.54. The van der Waals surface area contributed by atoms with Gasteiger partial charge >= 0.3 is 0 Å². The maximum absolute atomic E-state index is 14.4. The van der Waals surface area contributed by atoms with Gasteiger partial charge in [-0.2, -0.15) is 0 Å². The Morgan fingerprint density at radius 2 is 2.00 bits per heavy atom. The molecule has 1 rings (SSSR count). The third-order valence-corrected chi connectivity index (χ3v) is 4.51. The number of halogens is 1. The molecule has 0 aliphatic heterocycles. The first-order valence-electron chi connectivity index (χ1n) is 5.91. The van der Waals surface area contributed by atoms with Crippen LogP contribution in [-0.2, 0) is 16.1 Å². The van der Waals surface area contributed by atoms with Crippen LogP contribution < -0.4 is 9.92 Å². The quantitative estimate of drug-likeness (QED) is 0.588. The van der Waals surface area contributed by atoms with E-state index in [1.807, 2.05) is 6.92 Å². The Hall–Kier alpha value is -1.36. The van der Waals surface area contributed by atoms with Crippen molar-refractivity contribution in [2.75, 3.05) is 6.61 Å². The molecule has 0 radical (unpaired) electrons. The van der Waals surface area contributed by atoms with Crippen LogP contribution in [0.15, 0.2) is 12.1 Å². The molecule has 0 aliphatic rings. The lowest BCUT2D eigenvalue weighted by molar-refractivity contribution is -0.129. The molecule has 0 saturated carbocycles. The van der Waals surface area contributed by atoms with Crippen molar-refractivity contribution >= 4 is 19.7 Å². The molecule has 0 bridgehead atoms. The van der Waals surface area contributed by atoms with Crippen molar-refractivity contribution in [1.29, 1.82) is 0 Å². The average molecular weight is 270 g/mol. The minimum absolute atomic E-state index is 0.0424. The highest BCUT2D eigenvalue weighted by molar-refractivity contribution is 6.89. The van der Waals surface area contributed by atoms with Gasteiger partial charge in [0.2, 0.25) is 0 Å². The van der Waals surface area contributed by atoms with Crippen molar-refractivity contribution in [3.05, 3.63) is 23.5 Å². The molecule has 0 aromatic heterocycles. The van der Waals surface area contributed by atoms with E-state index in [2.05, 4.69) is 24.4 Å². The van der Waals surface area contributed by atoms with E-state index in [-0.39, 0.29) is 12.4 Å². The second-order valence-electron chi connectivity index (χ2n) is 5.00. The highest BCUT2D eigenvalue weighted by Crippen LogP contribution is 2.20. The van der Waals surface area contributed by atoms with Crippen molar-refractivity contribution < 1.29 is 18.7 Å². The number of carbonyl (C=O) groups is 1. The molecule has 0 N–H and O–H groups in total. The van der Waals surface area contributed by atoms with Gasteiger partial charge in [-0.1, -0.05) is 19.6 Å². The van der Waals surface area contributed by atoms with Gasteiger partial charge in [-0.05, 0) is 19.1 Å². The monoisotopic (exact) mass is 270 g/mol. The molecule has 0 atom stereocenters. The Bertz CT molecular complexity index is 427. The Labute approximate surface area is 108 Å². The van der Waals surface area contributed by atoms with Crippen LogP contribution in [0.2, 0.25) is 19.6 Å². The van der Waals surface area contributed by atoms with Gasteiger partial charge in [0.05, 0.1) is 14.7 Å². The van der Waals surface area contributed by atoms with Gasteiger partial charge in [-0.15, -0.1) is 0 Å². The lowest BCUT2D eigenvalue weighted by Gasteiger charge is -2.22. The zero-order chi connectivity index (χ0) is 13.8. The summed E-state index contributed by atoms with van der Waals surface area (Å²) in [5.41, 5.74) is 0.392. The van der Waals surface area contributed by atoms with Gasteiger partial charge in [0.1, 0.15) is 18.2 Å². The molecule has 0 spiro atoms. The Morgan fingerprint density at radius 3 is 2.50 bits per heavy atom. The normalized spacial score (nSPS) is 11.2. The van der Waals surface area contributed by atoms with E-state index in [4.69, 9.17) is 4.74 Å². The summed E-state index contributed by atoms with van der Waals surface area (Å²) in [5.74, 6) is 0.297. The fraction of sp³-hybridized carbons (Fsp3) is 0.462. The lowest BCUT2D eigenvalue weighted by Crippen LogP contribution is -2.41. The number of hydrogen-bond donors (Lipinski definition) is 0. The van der Waals surface area contributed by atoms with Crippen LogP contribution in [0, 0.1) is 5.82 Å². The van der Waals surface area contributed by atoms with E-state index in [1.54, 1.807) is 12.1 Å². The van der Waals surface area contributed by atoms with E-state index < -0.39 is 8.07 Å². The van der Waals surface area contributed by atoms with Crippen LogP contribution in [0.25, 0.3) is 0 Å². The molecule has 1 aromatic carbocycles. The highest BCUT2D eigenvalue weighted by atomic mass is 28.3. The molecule has 100 valence electrons. The molecular formula is C13H19FO3Si. The zero-order valence-electron chi connectivity index (χ0n) is 11.2. The first kappa shape index (κ1) is 14.7. The summed E-state index contributed by atoms with van der Waals surface area (Å²) in [4.78, 5) is 10.2. The topological polar surface area (TPSA) is 35.5 Å². The van der Waals surface area contributed by atoms with Crippen LogP contribution in [-0.4, -0.2) is 21.2 Å². The summed E-state index contributed by atoms with van der Waals surface area (Å²) in [7, 11) is -1.87. The van der Waals surface area contributed by atoms with Gasteiger partial charge in [0, 0.05) is 10.8 Å². The standard InChI is InChI=1S/C13H19FO3Si/c1-5-17-11-7-6-10(8-16-9-15)12(14)13(11)18(2,3)4/h6-7,9H,5,8H2,1-4H3. The summed E-state index contributed by atoms with van der Waals surface area (Å²) in [5, 5.41) is 0.649. The van der Waals surface area contributed by atoms with Crippen molar-refractivity contribution in [3.8, 4) is 5.75 Å². The van der Waals surface area contributed by atoms with Gasteiger partial charge < -0.3 is 9.47 Å². The SMILES string of the molecule is CCOc1ccc(COC=O)c(F)c1[Si](C)(C)C. The Morgan fingerprint density at radius 1 is 1.33 bits per heavy atom. The molecule has 0 heterocycles. The van der Waals surface area contributed by atoms with Crippen LogP contribution >= 0.6 is 0 Å². The maximum atomic E-state index is 14.4. The number of rotatable bonds is 6. The van der Waals surface area contributed by atoms with E-state index in [1.165, 1.54) is 0 Å². The van der Waals surface area contributed by atoms with Crippen LogP contribution in [0.3, 0.4) is 0 Å². The molecule has 0 fully saturated rings. The minimum Gasteiger partial charge on any atom is -0.494 e. The Balaban J connectivity index is 3.26. The second kappa shape index (κ2) is 6.00. The smallest absolute Gasteiger partial charge is 0.293 e. The van der Waals surface area contributed by atoms with Crippen molar-refractivity contribution in [3.63, 3.8) is 0 Å². The van der Waals surface area contributed by atoms with Gasteiger partial charge in [-0.25, -0.2) is 4.39 Å². The van der Waals surface area contributed by atoms with Crippen molar-refractivity contribution in [2.45, 2.75) is 33.2 Å². The average Bonchev–Trinajstić information content (AvgIpc) is 2.26. The summed E-state index contributed by atoms with van der Waals surface area (Å²) in [6.07, 6.45) is 0. The zero-order valence-corrected chi connectivity index (χ0v) is 12.2. The predicted octanol–water partition coefficient (Wildman–Crippen LogP) is 2.44. The lowest BCUT2D eigenvalue weighted by atomic mass is 10.2. The van der Waals surface area contributed by atoms with Crippen LogP contribution in [0.5, 0.6) is 5.75 Å². The molecule has 0 unspecified atom stereocenters. The van der Waals surface area contributed by atoms with Gasteiger partial charge in [-0.3, -0.25) is 4.79 Å². The summed E-state index contributed by atoms with van der Waals surface area (Å²) in [6.45, 7) is 8.81.